The summed E-state index contributed by atoms with van der Waals surface area (Å²) in [5, 5.41) is 8.03. The molecule has 0 spiro atoms. The molecule has 2 amide bonds. The smallest absolute Gasteiger partial charge is 0.287 e. The highest BCUT2D eigenvalue weighted by molar-refractivity contribution is 6.06. The van der Waals surface area contributed by atoms with Crippen molar-refractivity contribution in [3.05, 3.63) is 143 Å². The van der Waals surface area contributed by atoms with Crippen LogP contribution in [0.2, 0.25) is 0 Å². The summed E-state index contributed by atoms with van der Waals surface area (Å²) in [6, 6.07) is 34.8. The Hall–Kier alpha value is -5.43. The summed E-state index contributed by atoms with van der Waals surface area (Å²) in [4.78, 5) is 28.2. The number of anilines is 1. The Bertz CT molecular complexity index is 1700. The Kier molecular flexibility index (Phi) is 8.35. The van der Waals surface area contributed by atoms with E-state index < -0.39 is 5.91 Å². The molecule has 7 heteroatoms. The zero-order valence-corrected chi connectivity index (χ0v) is 23.0. The minimum absolute atomic E-state index is 0.0834. The molecule has 0 atom stereocenters. The van der Waals surface area contributed by atoms with Crippen LogP contribution in [0, 0.1) is 0 Å². The van der Waals surface area contributed by atoms with Gasteiger partial charge in [-0.1, -0.05) is 78.9 Å². The Labute approximate surface area is 239 Å². The normalized spacial score (nSPS) is 11.5. The number of fused-ring (bicyclic) bond motifs is 1. The molecule has 204 valence electrons. The molecule has 0 saturated heterocycles. The van der Waals surface area contributed by atoms with E-state index in [0.29, 0.717) is 12.1 Å². The average Bonchev–Trinajstić information content (AvgIpc) is 3.35. The second kappa shape index (κ2) is 12.6. The lowest BCUT2D eigenvalue weighted by atomic mass is 10.1. The quantitative estimate of drug-likeness (QED) is 0.143. The van der Waals surface area contributed by atoms with Crippen LogP contribution in [0.3, 0.4) is 0 Å². The first-order chi connectivity index (χ1) is 20.0. The number of hydrogen-bond donors (Lipinski definition) is 2. The van der Waals surface area contributed by atoms with Crippen LogP contribution in [-0.2, 0) is 11.3 Å². The number of carbonyl (C=O) groups is 2. The molecule has 4 aromatic carbocycles. The van der Waals surface area contributed by atoms with Gasteiger partial charge < -0.3 is 14.8 Å². The predicted octanol–water partition coefficient (Wildman–Crippen LogP) is 5.68. The Balaban J connectivity index is 1.38. The molecule has 5 rings (SSSR count). The van der Waals surface area contributed by atoms with Crippen LogP contribution in [0.1, 0.15) is 27.0 Å². The fourth-order valence-corrected chi connectivity index (χ4v) is 4.49. The summed E-state index contributed by atoms with van der Waals surface area (Å²) in [6.45, 7) is 0.715. The van der Waals surface area contributed by atoms with E-state index in [2.05, 4.69) is 38.6 Å². The number of aromatic nitrogens is 1. The highest BCUT2D eigenvalue weighted by Gasteiger charge is 2.15. The lowest BCUT2D eigenvalue weighted by Gasteiger charge is -2.12. The highest BCUT2D eigenvalue weighted by atomic mass is 16.2. The van der Waals surface area contributed by atoms with E-state index in [-0.39, 0.29) is 11.6 Å². The minimum Gasteiger partial charge on any atom is -0.378 e. The molecule has 0 saturated carbocycles. The van der Waals surface area contributed by atoms with Crippen molar-refractivity contribution in [1.82, 2.24) is 15.3 Å². The molecule has 0 aliphatic heterocycles. The van der Waals surface area contributed by atoms with Gasteiger partial charge in [-0.3, -0.25) is 9.59 Å². The van der Waals surface area contributed by atoms with E-state index in [4.69, 9.17) is 0 Å². The standard InChI is InChI=1S/C34H31N5O2/c1-38(2)29-19-17-25(18-20-29)21-31(36-33(40)27-13-7-4-8-14-27)34(41)37-35-22-28-24-39(23-26-11-5-3-6-12-26)32-16-10-9-15-30(28)32/h3-22,24H,23H2,1-2H3,(H,36,40)(H,37,41)/b31-21-,35-22+. The summed E-state index contributed by atoms with van der Waals surface area (Å²) in [6.07, 6.45) is 5.29. The van der Waals surface area contributed by atoms with Gasteiger partial charge in [0, 0.05) is 54.6 Å². The van der Waals surface area contributed by atoms with Gasteiger partial charge >= 0.3 is 0 Å². The monoisotopic (exact) mass is 541 g/mol. The maximum absolute atomic E-state index is 13.3. The Morgan fingerprint density at radius 3 is 2.20 bits per heavy atom. The van der Waals surface area contributed by atoms with Crippen LogP contribution in [0.25, 0.3) is 17.0 Å². The van der Waals surface area contributed by atoms with Gasteiger partial charge in [0.2, 0.25) is 0 Å². The maximum atomic E-state index is 13.3. The summed E-state index contributed by atoms with van der Waals surface area (Å²) in [5.74, 6) is -0.917. The Morgan fingerprint density at radius 1 is 0.829 bits per heavy atom. The summed E-state index contributed by atoms with van der Waals surface area (Å²) in [7, 11) is 3.92. The fourth-order valence-electron chi connectivity index (χ4n) is 4.49. The number of para-hydroxylation sites is 1. The molecule has 0 unspecified atom stereocenters. The van der Waals surface area contributed by atoms with E-state index in [1.807, 2.05) is 91.9 Å². The molecule has 7 nitrogen and oxygen atoms in total. The average molecular weight is 542 g/mol. The van der Waals surface area contributed by atoms with Gasteiger partial charge in [0.15, 0.2) is 0 Å². The van der Waals surface area contributed by atoms with E-state index in [1.54, 1.807) is 36.6 Å². The van der Waals surface area contributed by atoms with Crippen LogP contribution >= 0.6 is 0 Å². The number of benzene rings is 4. The molecular formula is C34H31N5O2. The number of amides is 2. The van der Waals surface area contributed by atoms with Gasteiger partial charge in [-0.25, -0.2) is 5.43 Å². The zero-order chi connectivity index (χ0) is 28.6. The van der Waals surface area contributed by atoms with Crippen molar-refractivity contribution in [3.63, 3.8) is 0 Å². The third kappa shape index (κ3) is 6.78. The van der Waals surface area contributed by atoms with E-state index in [0.717, 1.165) is 27.7 Å². The predicted molar refractivity (Wildman–Crippen MR) is 166 cm³/mol. The third-order valence-corrected chi connectivity index (χ3v) is 6.63. The molecule has 41 heavy (non-hydrogen) atoms. The molecule has 5 aromatic rings. The molecule has 0 radical (unpaired) electrons. The number of rotatable bonds is 9. The van der Waals surface area contributed by atoms with Gasteiger partial charge in [-0.15, -0.1) is 0 Å². The molecule has 0 aliphatic carbocycles. The van der Waals surface area contributed by atoms with Crippen LogP contribution in [0.5, 0.6) is 0 Å². The SMILES string of the molecule is CN(C)c1ccc(/C=C(\NC(=O)c2ccccc2)C(=O)N/N=C/c2cn(Cc3ccccc3)c3ccccc23)cc1. The Morgan fingerprint density at radius 2 is 1.49 bits per heavy atom. The highest BCUT2D eigenvalue weighted by Crippen LogP contribution is 2.21. The largest absolute Gasteiger partial charge is 0.378 e. The van der Waals surface area contributed by atoms with Gasteiger partial charge in [0.1, 0.15) is 5.70 Å². The van der Waals surface area contributed by atoms with Crippen LogP contribution in [0.4, 0.5) is 5.69 Å². The summed E-state index contributed by atoms with van der Waals surface area (Å²) < 4.78 is 2.16. The summed E-state index contributed by atoms with van der Waals surface area (Å²) >= 11 is 0. The van der Waals surface area contributed by atoms with E-state index in [1.165, 1.54) is 5.56 Å². The molecule has 1 aromatic heterocycles. The first-order valence-electron chi connectivity index (χ1n) is 13.3. The van der Waals surface area contributed by atoms with Crippen molar-refractivity contribution in [3.8, 4) is 0 Å². The fraction of sp³-hybridized carbons (Fsp3) is 0.0882. The van der Waals surface area contributed by atoms with Crippen molar-refractivity contribution in [2.45, 2.75) is 6.54 Å². The van der Waals surface area contributed by atoms with Crippen molar-refractivity contribution in [2.75, 3.05) is 19.0 Å². The first kappa shape index (κ1) is 27.1. The minimum atomic E-state index is -0.532. The molecule has 0 bridgehead atoms. The zero-order valence-electron chi connectivity index (χ0n) is 23.0. The van der Waals surface area contributed by atoms with Crippen molar-refractivity contribution >= 4 is 40.7 Å². The van der Waals surface area contributed by atoms with Crippen LogP contribution in [0.15, 0.2) is 126 Å². The molecule has 1 heterocycles. The van der Waals surface area contributed by atoms with Crippen molar-refractivity contribution < 1.29 is 9.59 Å². The number of nitrogens with zero attached hydrogens (tertiary/aromatic N) is 3. The molecule has 0 aliphatic rings. The summed E-state index contributed by atoms with van der Waals surface area (Å²) in [5.41, 5.74) is 8.04. The van der Waals surface area contributed by atoms with Gasteiger partial charge in [-0.2, -0.15) is 5.10 Å². The number of nitrogens with one attached hydrogen (secondary N) is 2. The second-order valence-electron chi connectivity index (χ2n) is 9.78. The first-order valence-corrected chi connectivity index (χ1v) is 13.3. The van der Waals surface area contributed by atoms with Crippen LogP contribution < -0.4 is 15.6 Å². The number of hydrogen-bond acceptors (Lipinski definition) is 4. The van der Waals surface area contributed by atoms with Crippen molar-refractivity contribution in [2.24, 2.45) is 5.10 Å². The van der Waals surface area contributed by atoms with E-state index >= 15 is 0 Å². The van der Waals surface area contributed by atoms with Crippen molar-refractivity contribution in [1.29, 1.82) is 0 Å². The third-order valence-electron chi connectivity index (χ3n) is 6.63. The van der Waals surface area contributed by atoms with E-state index in [9.17, 15) is 9.59 Å². The molecule has 2 N–H and O–H groups in total. The number of hydrazone groups is 1. The molecular weight excluding hydrogens is 510 g/mol. The van der Waals surface area contributed by atoms with Gasteiger partial charge in [0.05, 0.1) is 6.21 Å². The van der Waals surface area contributed by atoms with Gasteiger partial charge in [0.25, 0.3) is 11.8 Å². The van der Waals surface area contributed by atoms with Crippen LogP contribution in [-0.4, -0.2) is 36.7 Å². The molecule has 0 fully saturated rings. The lowest BCUT2D eigenvalue weighted by molar-refractivity contribution is -0.117. The number of carbonyl (C=O) groups excluding carboxylic acids is 2. The second-order valence-corrected chi connectivity index (χ2v) is 9.78. The van der Waals surface area contributed by atoms with Gasteiger partial charge in [-0.05, 0) is 47.5 Å². The topological polar surface area (TPSA) is 78.7 Å². The maximum Gasteiger partial charge on any atom is 0.287 e. The lowest BCUT2D eigenvalue weighted by Crippen LogP contribution is -2.32.